The minimum absolute atomic E-state index is 0.214. The first-order valence-electron chi connectivity index (χ1n) is 7.16. The summed E-state index contributed by atoms with van der Waals surface area (Å²) in [6.45, 7) is 5.34. The van der Waals surface area contributed by atoms with Crippen molar-refractivity contribution in [2.24, 2.45) is 5.41 Å². The van der Waals surface area contributed by atoms with Crippen LogP contribution >= 0.6 is 11.3 Å². The summed E-state index contributed by atoms with van der Waals surface area (Å²) in [6, 6.07) is 1.60. The lowest BCUT2D eigenvalue weighted by Crippen LogP contribution is -2.42. The summed E-state index contributed by atoms with van der Waals surface area (Å²) in [7, 11) is -3.44. The van der Waals surface area contributed by atoms with Crippen LogP contribution in [0.5, 0.6) is 0 Å². The molecule has 0 bridgehead atoms. The number of hydrogen-bond donors (Lipinski definition) is 1. The highest BCUT2D eigenvalue weighted by Gasteiger charge is 2.37. The highest BCUT2D eigenvalue weighted by atomic mass is 32.2. The monoisotopic (exact) mass is 317 g/mol. The van der Waals surface area contributed by atoms with E-state index < -0.39 is 10.0 Å². The van der Waals surface area contributed by atoms with Crippen molar-refractivity contribution in [3.63, 3.8) is 0 Å². The second-order valence-corrected chi connectivity index (χ2v) is 8.38. The van der Waals surface area contributed by atoms with Crippen LogP contribution in [0.1, 0.15) is 44.4 Å². The molecule has 1 aromatic heterocycles. The largest absolute Gasteiger partial charge is 0.391 e. The number of nitrogens with zero attached hydrogens (tertiary/aromatic N) is 1. The molecule has 114 valence electrons. The van der Waals surface area contributed by atoms with Gasteiger partial charge in [0.25, 0.3) is 0 Å². The molecule has 0 radical (unpaired) electrons. The summed E-state index contributed by atoms with van der Waals surface area (Å²) in [5.41, 5.74) is 0.306. The maximum atomic E-state index is 12.6. The fourth-order valence-corrected chi connectivity index (χ4v) is 5.68. The molecule has 2 rings (SSSR count). The lowest BCUT2D eigenvalue weighted by atomic mass is 9.75. The van der Waals surface area contributed by atoms with Crippen molar-refractivity contribution >= 4 is 21.4 Å². The Kier molecular flexibility index (Phi) is 4.89. The minimum Gasteiger partial charge on any atom is -0.391 e. The van der Waals surface area contributed by atoms with Crippen LogP contribution < -0.4 is 0 Å². The van der Waals surface area contributed by atoms with Gasteiger partial charge in [-0.3, -0.25) is 0 Å². The number of piperidine rings is 1. The lowest BCUT2D eigenvalue weighted by molar-refractivity contribution is 0.141. The molecule has 0 spiro atoms. The van der Waals surface area contributed by atoms with E-state index in [9.17, 15) is 13.5 Å². The van der Waals surface area contributed by atoms with Gasteiger partial charge in [0.15, 0.2) is 0 Å². The van der Waals surface area contributed by atoms with E-state index in [1.807, 2.05) is 0 Å². The standard InChI is InChI=1S/C14H23NO3S2/c1-3-14(4-2)6-8-15(9-7-14)20(17,18)13-5-10-19-12(13)11-16/h5,10,16H,3-4,6-9,11H2,1-2H3. The number of sulfonamides is 1. The first kappa shape index (κ1) is 15.9. The van der Waals surface area contributed by atoms with Gasteiger partial charge in [-0.15, -0.1) is 11.3 Å². The third-order valence-corrected chi connectivity index (χ3v) is 7.77. The van der Waals surface area contributed by atoms with Crippen molar-refractivity contribution in [2.45, 2.75) is 51.0 Å². The molecule has 0 amide bonds. The Morgan fingerprint density at radius 2 is 1.90 bits per heavy atom. The zero-order chi connectivity index (χ0) is 14.8. The minimum atomic E-state index is -3.44. The van der Waals surface area contributed by atoms with Crippen LogP contribution in [0.15, 0.2) is 16.3 Å². The maximum Gasteiger partial charge on any atom is 0.244 e. The molecule has 20 heavy (non-hydrogen) atoms. The normalized spacial score (nSPS) is 20.1. The van der Waals surface area contributed by atoms with Gasteiger partial charge in [0.1, 0.15) is 0 Å². The summed E-state index contributed by atoms with van der Waals surface area (Å²) in [5.74, 6) is 0. The molecule has 2 heterocycles. The third kappa shape index (κ3) is 2.79. The third-order valence-electron chi connectivity index (χ3n) is 4.75. The Hall–Kier alpha value is -0.430. The molecule has 0 aliphatic carbocycles. The average molecular weight is 317 g/mol. The van der Waals surface area contributed by atoms with Gasteiger partial charge >= 0.3 is 0 Å². The second-order valence-electron chi connectivity index (χ2n) is 5.48. The molecule has 1 N–H and O–H groups in total. The first-order chi connectivity index (χ1) is 9.49. The van der Waals surface area contributed by atoms with Crippen LogP contribution in [0, 0.1) is 5.41 Å². The van der Waals surface area contributed by atoms with Crippen LogP contribution in [-0.2, 0) is 16.6 Å². The van der Waals surface area contributed by atoms with E-state index in [-0.39, 0.29) is 11.5 Å². The summed E-state index contributed by atoms with van der Waals surface area (Å²) >= 11 is 1.29. The molecule has 0 saturated carbocycles. The van der Waals surface area contributed by atoms with E-state index in [1.54, 1.807) is 15.8 Å². The molecule has 1 aromatic rings. The Morgan fingerprint density at radius 1 is 1.30 bits per heavy atom. The van der Waals surface area contributed by atoms with Crippen LogP contribution in [0.3, 0.4) is 0 Å². The smallest absolute Gasteiger partial charge is 0.244 e. The van der Waals surface area contributed by atoms with Crippen LogP contribution in [-0.4, -0.2) is 30.9 Å². The fraction of sp³-hybridized carbons (Fsp3) is 0.714. The second kappa shape index (κ2) is 6.13. The molecule has 4 nitrogen and oxygen atoms in total. The van der Waals surface area contributed by atoms with E-state index in [2.05, 4.69) is 13.8 Å². The number of thiophene rings is 1. The van der Waals surface area contributed by atoms with Crippen molar-refractivity contribution < 1.29 is 13.5 Å². The van der Waals surface area contributed by atoms with Gasteiger partial charge in [0, 0.05) is 18.0 Å². The molecule has 1 aliphatic heterocycles. The Labute approximate surface area is 125 Å². The Bertz CT molecular complexity index is 537. The van der Waals surface area contributed by atoms with E-state index in [4.69, 9.17) is 0 Å². The zero-order valence-electron chi connectivity index (χ0n) is 12.1. The summed E-state index contributed by atoms with van der Waals surface area (Å²) in [5, 5.41) is 11.0. The topological polar surface area (TPSA) is 57.6 Å². The van der Waals surface area contributed by atoms with E-state index in [0.29, 0.717) is 23.4 Å². The molecule has 6 heteroatoms. The molecule has 1 saturated heterocycles. The molecule has 0 unspecified atom stereocenters. The molecular weight excluding hydrogens is 294 g/mol. The van der Waals surface area contributed by atoms with Crippen molar-refractivity contribution in [1.82, 2.24) is 4.31 Å². The van der Waals surface area contributed by atoms with Gasteiger partial charge in [-0.2, -0.15) is 4.31 Å². The van der Waals surface area contributed by atoms with Gasteiger partial charge in [-0.1, -0.05) is 26.7 Å². The number of aliphatic hydroxyl groups is 1. The van der Waals surface area contributed by atoms with Crippen LogP contribution in [0.25, 0.3) is 0 Å². The SMILES string of the molecule is CCC1(CC)CCN(S(=O)(=O)c2ccsc2CO)CC1. The average Bonchev–Trinajstić information content (AvgIpc) is 2.96. The van der Waals surface area contributed by atoms with Gasteiger partial charge in [0.2, 0.25) is 10.0 Å². The van der Waals surface area contributed by atoms with Crippen LogP contribution in [0.4, 0.5) is 0 Å². The maximum absolute atomic E-state index is 12.6. The Morgan fingerprint density at radius 3 is 2.40 bits per heavy atom. The van der Waals surface area contributed by atoms with Gasteiger partial charge in [0.05, 0.1) is 11.5 Å². The molecule has 0 aromatic carbocycles. The summed E-state index contributed by atoms with van der Waals surface area (Å²) in [4.78, 5) is 0.818. The van der Waals surface area contributed by atoms with E-state index >= 15 is 0 Å². The predicted molar refractivity (Wildman–Crippen MR) is 81.2 cm³/mol. The molecule has 1 aliphatic rings. The highest BCUT2D eigenvalue weighted by molar-refractivity contribution is 7.89. The van der Waals surface area contributed by atoms with Crippen molar-refractivity contribution in [3.05, 3.63) is 16.3 Å². The first-order valence-corrected chi connectivity index (χ1v) is 9.48. The molecular formula is C14H23NO3S2. The van der Waals surface area contributed by atoms with Gasteiger partial charge < -0.3 is 5.11 Å². The highest BCUT2D eigenvalue weighted by Crippen LogP contribution is 2.39. The Balaban J connectivity index is 2.18. The van der Waals surface area contributed by atoms with E-state index in [1.165, 1.54) is 11.3 Å². The number of aliphatic hydroxyl groups excluding tert-OH is 1. The van der Waals surface area contributed by atoms with Crippen molar-refractivity contribution in [1.29, 1.82) is 0 Å². The fourth-order valence-electron chi connectivity index (χ4n) is 2.97. The number of hydrogen-bond acceptors (Lipinski definition) is 4. The van der Waals surface area contributed by atoms with Crippen molar-refractivity contribution in [3.8, 4) is 0 Å². The summed E-state index contributed by atoms with van der Waals surface area (Å²) in [6.07, 6.45) is 4.07. The van der Waals surface area contributed by atoms with Gasteiger partial charge in [-0.05, 0) is 29.7 Å². The number of rotatable bonds is 5. The lowest BCUT2D eigenvalue weighted by Gasteiger charge is -2.40. The quantitative estimate of drug-likeness (QED) is 0.908. The van der Waals surface area contributed by atoms with Gasteiger partial charge in [-0.25, -0.2) is 8.42 Å². The molecule has 0 atom stereocenters. The van der Waals surface area contributed by atoms with Crippen LogP contribution in [0.2, 0.25) is 0 Å². The molecule has 1 fully saturated rings. The summed E-state index contributed by atoms with van der Waals surface area (Å²) < 4.78 is 26.9. The van der Waals surface area contributed by atoms with Crippen molar-refractivity contribution in [2.75, 3.05) is 13.1 Å². The zero-order valence-corrected chi connectivity index (χ0v) is 13.8. The van der Waals surface area contributed by atoms with E-state index in [0.717, 1.165) is 25.7 Å². The predicted octanol–water partition coefficient (Wildman–Crippen LogP) is 2.83.